The first-order chi connectivity index (χ1) is 15.7. The third-order valence-electron chi connectivity index (χ3n) is 5.80. The van der Waals surface area contributed by atoms with Crippen LogP contribution >= 0.6 is 11.6 Å². The number of hydrogen-bond acceptors (Lipinski definition) is 6. The number of aliphatic hydroxyl groups is 4. The van der Waals surface area contributed by atoms with Gasteiger partial charge < -0.3 is 34.5 Å². The molecule has 0 spiro atoms. The number of aromatic nitrogens is 1. The van der Waals surface area contributed by atoms with E-state index in [1.54, 1.807) is 41.1 Å². The quantitative estimate of drug-likeness (QED) is 0.433. The Balaban J connectivity index is 1.74. The first-order valence-electron chi connectivity index (χ1n) is 10.7. The number of hydrogen-bond donors (Lipinski definition) is 4. The normalized spacial score (nSPS) is 25.7. The average molecular weight is 480 g/mol. The van der Waals surface area contributed by atoms with Crippen molar-refractivity contribution in [2.24, 2.45) is 0 Å². The summed E-state index contributed by atoms with van der Waals surface area (Å²) in [7, 11) is 0. The highest BCUT2D eigenvalue weighted by molar-refractivity contribution is 6.35. The van der Waals surface area contributed by atoms with Crippen molar-refractivity contribution < 1.29 is 34.3 Å². The molecule has 4 rings (SSSR count). The van der Waals surface area contributed by atoms with Crippen LogP contribution in [0.5, 0.6) is 5.75 Å². The largest absolute Gasteiger partial charge is 0.491 e. The third-order valence-corrected chi connectivity index (χ3v) is 6.12. The second kappa shape index (κ2) is 9.58. The van der Waals surface area contributed by atoms with Crippen LogP contribution in [0.3, 0.4) is 0 Å². The molecule has 1 saturated heterocycles. The van der Waals surface area contributed by atoms with Crippen LogP contribution in [0.25, 0.3) is 10.9 Å². The van der Waals surface area contributed by atoms with Gasteiger partial charge in [0.2, 0.25) is 0 Å². The van der Waals surface area contributed by atoms with E-state index in [4.69, 9.17) is 21.1 Å². The lowest BCUT2D eigenvalue weighted by Crippen LogP contribution is -2.56. The van der Waals surface area contributed by atoms with Gasteiger partial charge in [-0.15, -0.1) is 0 Å². The molecule has 1 fully saturated rings. The number of ether oxygens (including phenoxy) is 2. The fourth-order valence-electron chi connectivity index (χ4n) is 4.23. The molecule has 2 aromatic carbocycles. The topological polar surface area (TPSA) is 104 Å². The summed E-state index contributed by atoms with van der Waals surface area (Å²) in [6.45, 7) is 3.19. The van der Waals surface area contributed by atoms with Gasteiger partial charge in [-0.1, -0.05) is 23.7 Å². The Kier molecular flexibility index (Phi) is 6.95. The Hall–Kier alpha value is -2.20. The zero-order valence-corrected chi connectivity index (χ0v) is 19.0. The fourth-order valence-corrected chi connectivity index (χ4v) is 4.52. The lowest BCUT2D eigenvalue weighted by atomic mass is 9.98. The molecule has 1 aromatic heterocycles. The molecule has 0 aliphatic carbocycles. The minimum absolute atomic E-state index is 0.0782. The van der Waals surface area contributed by atoms with Crippen molar-refractivity contribution in [3.8, 4) is 5.75 Å². The van der Waals surface area contributed by atoms with Gasteiger partial charge in [0.05, 0.1) is 23.3 Å². The summed E-state index contributed by atoms with van der Waals surface area (Å²) in [5.74, 6) is 0.0157. The summed E-state index contributed by atoms with van der Waals surface area (Å²) < 4.78 is 27.7. The van der Waals surface area contributed by atoms with Gasteiger partial charge in [0.25, 0.3) is 0 Å². The SMILES string of the molecule is CC(C)Oc1ccc(Cc2cn([C@@H]3O[C@H](CO)[C@@H](O)[C@H](O)[C@H]3O)c3cccc(Cl)c23)c(F)c1. The van der Waals surface area contributed by atoms with E-state index < -0.39 is 43.1 Å². The molecule has 0 amide bonds. The minimum Gasteiger partial charge on any atom is -0.491 e. The highest BCUT2D eigenvalue weighted by Crippen LogP contribution is 2.37. The van der Waals surface area contributed by atoms with Crippen molar-refractivity contribution in [2.45, 2.75) is 57.0 Å². The monoisotopic (exact) mass is 479 g/mol. The van der Waals surface area contributed by atoms with Crippen LogP contribution in [0.15, 0.2) is 42.6 Å². The van der Waals surface area contributed by atoms with Crippen LogP contribution in [0.4, 0.5) is 4.39 Å². The molecule has 0 saturated carbocycles. The van der Waals surface area contributed by atoms with Gasteiger partial charge in [0.15, 0.2) is 6.23 Å². The zero-order valence-electron chi connectivity index (χ0n) is 18.2. The molecule has 33 heavy (non-hydrogen) atoms. The molecular weight excluding hydrogens is 453 g/mol. The molecule has 1 aliphatic heterocycles. The van der Waals surface area contributed by atoms with Crippen LogP contribution in [0, 0.1) is 5.82 Å². The number of aliphatic hydroxyl groups excluding tert-OH is 4. The van der Waals surface area contributed by atoms with Crippen LogP contribution < -0.4 is 4.74 Å². The number of benzene rings is 2. The minimum atomic E-state index is -1.52. The van der Waals surface area contributed by atoms with E-state index >= 15 is 0 Å². The number of halogens is 2. The van der Waals surface area contributed by atoms with Crippen LogP contribution in [-0.4, -0.2) is 62.1 Å². The summed E-state index contributed by atoms with van der Waals surface area (Å²) in [6.07, 6.45) is -4.79. The van der Waals surface area contributed by atoms with Crippen molar-refractivity contribution in [1.29, 1.82) is 0 Å². The fraction of sp³-hybridized carbons (Fsp3) is 0.417. The summed E-state index contributed by atoms with van der Waals surface area (Å²) in [6, 6.07) is 9.90. The summed E-state index contributed by atoms with van der Waals surface area (Å²) >= 11 is 6.49. The van der Waals surface area contributed by atoms with Gasteiger partial charge in [-0.3, -0.25) is 0 Å². The average Bonchev–Trinajstić information content (AvgIpc) is 3.13. The first-order valence-corrected chi connectivity index (χ1v) is 11.1. The lowest BCUT2D eigenvalue weighted by molar-refractivity contribution is -0.250. The Morgan fingerprint density at radius 3 is 2.52 bits per heavy atom. The van der Waals surface area contributed by atoms with Crippen molar-refractivity contribution in [1.82, 2.24) is 4.57 Å². The Labute approximate surface area is 195 Å². The maximum atomic E-state index is 14.8. The van der Waals surface area contributed by atoms with E-state index in [1.165, 1.54) is 6.07 Å². The Bertz CT molecular complexity index is 1130. The molecule has 1 aliphatic rings. The molecule has 5 atom stereocenters. The molecule has 4 N–H and O–H groups in total. The van der Waals surface area contributed by atoms with E-state index in [0.717, 1.165) is 0 Å². The third kappa shape index (κ3) is 4.59. The molecule has 9 heteroatoms. The van der Waals surface area contributed by atoms with E-state index in [0.29, 0.717) is 32.8 Å². The van der Waals surface area contributed by atoms with Gasteiger partial charge in [-0.05, 0) is 43.2 Å². The van der Waals surface area contributed by atoms with E-state index in [9.17, 15) is 24.8 Å². The standard InChI is InChI=1S/C24H27ClFNO6/c1-12(2)32-15-7-6-13(17(26)9-15)8-14-10-27(18-5-3-4-16(25)20(14)18)24-23(31)22(30)21(29)19(11-28)33-24/h3-7,9-10,12,19,21-24,28-31H,8,11H2,1-2H3/t19-,21-,22+,23-,24-/m1/s1. The predicted octanol–water partition coefficient (Wildman–Crippen LogP) is 2.78. The van der Waals surface area contributed by atoms with Crippen LogP contribution in [0.2, 0.25) is 5.02 Å². The molecule has 7 nitrogen and oxygen atoms in total. The van der Waals surface area contributed by atoms with E-state index in [-0.39, 0.29) is 12.5 Å². The molecule has 0 bridgehead atoms. The summed E-state index contributed by atoms with van der Waals surface area (Å²) in [5.41, 5.74) is 1.71. The van der Waals surface area contributed by atoms with Crippen molar-refractivity contribution in [3.05, 3.63) is 64.6 Å². The van der Waals surface area contributed by atoms with Crippen LogP contribution in [0.1, 0.15) is 31.2 Å². The zero-order chi connectivity index (χ0) is 23.9. The molecule has 0 unspecified atom stereocenters. The lowest BCUT2D eigenvalue weighted by Gasteiger charge is -2.40. The number of rotatable bonds is 6. The van der Waals surface area contributed by atoms with Gasteiger partial charge in [0, 0.05) is 24.1 Å². The van der Waals surface area contributed by atoms with Gasteiger partial charge in [-0.25, -0.2) is 4.39 Å². The maximum absolute atomic E-state index is 14.8. The van der Waals surface area contributed by atoms with Gasteiger partial charge >= 0.3 is 0 Å². The van der Waals surface area contributed by atoms with E-state index in [2.05, 4.69) is 0 Å². The molecule has 178 valence electrons. The number of nitrogens with zero attached hydrogens (tertiary/aromatic N) is 1. The highest BCUT2D eigenvalue weighted by Gasteiger charge is 2.44. The summed E-state index contributed by atoms with van der Waals surface area (Å²) in [4.78, 5) is 0. The van der Waals surface area contributed by atoms with Crippen molar-refractivity contribution in [2.75, 3.05) is 6.61 Å². The van der Waals surface area contributed by atoms with Crippen molar-refractivity contribution in [3.63, 3.8) is 0 Å². The second-order valence-electron chi connectivity index (χ2n) is 8.51. The molecule has 2 heterocycles. The first kappa shape index (κ1) is 23.9. The molecule has 0 radical (unpaired) electrons. The van der Waals surface area contributed by atoms with E-state index in [1.807, 2.05) is 13.8 Å². The highest BCUT2D eigenvalue weighted by atomic mass is 35.5. The smallest absolute Gasteiger partial charge is 0.163 e. The van der Waals surface area contributed by atoms with Gasteiger partial charge in [0.1, 0.15) is 36.0 Å². The second-order valence-corrected chi connectivity index (χ2v) is 8.92. The summed E-state index contributed by atoms with van der Waals surface area (Å²) in [5, 5.41) is 41.6. The maximum Gasteiger partial charge on any atom is 0.163 e. The van der Waals surface area contributed by atoms with Crippen LogP contribution in [-0.2, 0) is 11.2 Å². The Morgan fingerprint density at radius 2 is 1.85 bits per heavy atom. The van der Waals surface area contributed by atoms with Gasteiger partial charge in [-0.2, -0.15) is 0 Å². The predicted molar refractivity (Wildman–Crippen MR) is 121 cm³/mol. The van der Waals surface area contributed by atoms with Crippen molar-refractivity contribution >= 4 is 22.5 Å². The number of fused-ring (bicyclic) bond motifs is 1. The Morgan fingerprint density at radius 1 is 1.09 bits per heavy atom. The molecular formula is C24H27ClFNO6. The molecule has 3 aromatic rings.